The third kappa shape index (κ3) is 3.82. The minimum Gasteiger partial charge on any atom is -0.338 e. The topological polar surface area (TPSA) is 33.2 Å². The van der Waals surface area contributed by atoms with Crippen LogP contribution >= 0.6 is 0 Å². The molecule has 2 aliphatic rings. The number of pyridine rings is 1. The van der Waals surface area contributed by atoms with Crippen LogP contribution in [0.2, 0.25) is 0 Å². The molecule has 0 saturated heterocycles. The minimum absolute atomic E-state index is 0.0359. The molecule has 0 spiro atoms. The number of amides is 1. The van der Waals surface area contributed by atoms with Crippen molar-refractivity contribution in [2.75, 3.05) is 13.1 Å². The monoisotopic (exact) mass is 422 g/mol. The van der Waals surface area contributed by atoms with E-state index in [1.807, 2.05) is 35.5 Å². The first-order chi connectivity index (χ1) is 14.9. The van der Waals surface area contributed by atoms with Crippen LogP contribution in [0.3, 0.4) is 0 Å². The van der Waals surface area contributed by atoms with E-state index in [0.717, 1.165) is 28.8 Å². The van der Waals surface area contributed by atoms with Crippen LogP contribution in [0, 0.1) is 5.92 Å². The van der Waals surface area contributed by atoms with E-state index in [4.69, 9.17) is 0 Å². The lowest BCUT2D eigenvalue weighted by atomic mass is 9.96. The zero-order valence-electron chi connectivity index (χ0n) is 16.8. The van der Waals surface area contributed by atoms with Gasteiger partial charge in [-0.1, -0.05) is 48.5 Å². The van der Waals surface area contributed by atoms with Crippen LogP contribution in [-0.2, 0) is 11.0 Å². The van der Waals surface area contributed by atoms with Crippen molar-refractivity contribution < 1.29 is 18.0 Å². The van der Waals surface area contributed by atoms with Crippen LogP contribution in [0.25, 0.3) is 16.3 Å². The summed E-state index contributed by atoms with van der Waals surface area (Å²) >= 11 is 0. The van der Waals surface area contributed by atoms with Crippen molar-refractivity contribution >= 4 is 22.3 Å². The normalized spacial score (nSPS) is 21.1. The Hall–Kier alpha value is -3.15. The van der Waals surface area contributed by atoms with Gasteiger partial charge in [0.25, 0.3) is 0 Å². The molecule has 2 heterocycles. The molecular weight excluding hydrogens is 401 g/mol. The molecule has 0 radical (unpaired) electrons. The first-order valence-corrected chi connectivity index (χ1v) is 10.4. The number of rotatable bonds is 3. The Morgan fingerprint density at radius 1 is 1.06 bits per heavy atom. The van der Waals surface area contributed by atoms with Crippen molar-refractivity contribution in [3.05, 3.63) is 83.7 Å². The fourth-order valence-electron chi connectivity index (χ4n) is 4.50. The molecular formula is C25H21F3N2O. The zero-order valence-corrected chi connectivity index (χ0v) is 16.8. The second kappa shape index (κ2) is 7.52. The Kier molecular flexibility index (Phi) is 4.80. The van der Waals surface area contributed by atoms with E-state index < -0.39 is 11.7 Å². The van der Waals surface area contributed by atoms with Crippen molar-refractivity contribution in [3.8, 4) is 0 Å². The predicted molar refractivity (Wildman–Crippen MR) is 113 cm³/mol. The summed E-state index contributed by atoms with van der Waals surface area (Å²) in [6.45, 7) is 1.13. The lowest BCUT2D eigenvalue weighted by molar-refractivity contribution is -0.137. The lowest BCUT2D eigenvalue weighted by Crippen LogP contribution is -2.36. The summed E-state index contributed by atoms with van der Waals surface area (Å²) in [5.74, 6) is -0.311. The van der Waals surface area contributed by atoms with Gasteiger partial charge in [-0.2, -0.15) is 13.2 Å². The summed E-state index contributed by atoms with van der Waals surface area (Å²) in [4.78, 5) is 19.1. The van der Waals surface area contributed by atoms with E-state index in [1.54, 1.807) is 6.07 Å². The van der Waals surface area contributed by atoms with Gasteiger partial charge >= 0.3 is 6.18 Å². The molecule has 1 aliphatic carbocycles. The highest BCUT2D eigenvalue weighted by Crippen LogP contribution is 2.49. The maximum absolute atomic E-state index is 13.0. The van der Waals surface area contributed by atoms with E-state index in [2.05, 4.69) is 17.1 Å². The third-order valence-corrected chi connectivity index (χ3v) is 6.28. The van der Waals surface area contributed by atoms with Crippen LogP contribution in [0.5, 0.6) is 0 Å². The van der Waals surface area contributed by atoms with Crippen LogP contribution in [-0.4, -0.2) is 28.9 Å². The van der Waals surface area contributed by atoms with Gasteiger partial charge in [0.05, 0.1) is 5.56 Å². The molecule has 1 saturated carbocycles. The third-order valence-electron chi connectivity index (χ3n) is 6.28. The van der Waals surface area contributed by atoms with Crippen LogP contribution in [0.1, 0.15) is 35.4 Å². The fraction of sp³-hybridized carbons (Fsp3) is 0.280. The number of aromatic nitrogens is 1. The molecule has 0 N–H and O–H groups in total. The molecule has 6 heteroatoms. The maximum Gasteiger partial charge on any atom is 0.416 e. The maximum atomic E-state index is 13.0. The molecule has 0 unspecified atom stereocenters. The number of carbonyl (C=O) groups excluding carboxylic acids is 1. The first-order valence-electron chi connectivity index (χ1n) is 10.4. The van der Waals surface area contributed by atoms with Gasteiger partial charge in [0.2, 0.25) is 5.91 Å². The van der Waals surface area contributed by atoms with E-state index in [-0.39, 0.29) is 17.7 Å². The van der Waals surface area contributed by atoms with Gasteiger partial charge in [0.15, 0.2) is 0 Å². The van der Waals surface area contributed by atoms with Gasteiger partial charge in [0.1, 0.15) is 0 Å². The summed E-state index contributed by atoms with van der Waals surface area (Å²) in [6.07, 6.45) is 2.78. The zero-order chi connectivity index (χ0) is 21.6. The Labute approximate surface area is 178 Å². The molecule has 31 heavy (non-hydrogen) atoms. The first kappa shape index (κ1) is 19.8. The SMILES string of the molecule is O=C([C@@H]1C[C@H]1c1cccc(C(F)(F)F)c1)N1CC=C(c2cncc3ccccc23)CC1. The summed E-state index contributed by atoms with van der Waals surface area (Å²) in [6, 6.07) is 13.5. The Morgan fingerprint density at radius 3 is 2.68 bits per heavy atom. The molecule has 0 bridgehead atoms. The molecule has 1 amide bonds. The molecule has 5 rings (SSSR count). The average molecular weight is 422 g/mol. The molecule has 1 aliphatic heterocycles. The van der Waals surface area contributed by atoms with E-state index in [9.17, 15) is 18.0 Å². The molecule has 1 fully saturated rings. The number of fused-ring (bicyclic) bond motifs is 1. The number of halogens is 3. The quantitative estimate of drug-likeness (QED) is 0.545. The second-order valence-electron chi connectivity index (χ2n) is 8.24. The highest BCUT2D eigenvalue weighted by atomic mass is 19.4. The molecule has 158 valence electrons. The molecule has 3 aromatic rings. The minimum atomic E-state index is -4.37. The Bertz CT molecular complexity index is 1180. The van der Waals surface area contributed by atoms with Gasteiger partial charge in [-0.3, -0.25) is 9.78 Å². The number of benzene rings is 2. The smallest absolute Gasteiger partial charge is 0.338 e. The van der Waals surface area contributed by atoms with Gasteiger partial charge in [-0.05, 0) is 41.3 Å². The number of nitrogens with zero attached hydrogens (tertiary/aromatic N) is 2. The molecule has 3 nitrogen and oxygen atoms in total. The van der Waals surface area contributed by atoms with Crippen molar-refractivity contribution in [1.82, 2.24) is 9.88 Å². The fourth-order valence-corrected chi connectivity index (χ4v) is 4.50. The average Bonchev–Trinajstić information content (AvgIpc) is 3.59. The highest BCUT2D eigenvalue weighted by molar-refractivity contribution is 5.93. The van der Waals surface area contributed by atoms with Crippen LogP contribution in [0.15, 0.2) is 67.0 Å². The van der Waals surface area contributed by atoms with E-state index in [0.29, 0.717) is 25.1 Å². The summed E-state index contributed by atoms with van der Waals surface area (Å²) in [5.41, 5.74) is 2.22. The lowest BCUT2D eigenvalue weighted by Gasteiger charge is -2.27. The molecule has 2 atom stereocenters. The number of hydrogen-bond donors (Lipinski definition) is 0. The van der Waals surface area contributed by atoms with Gasteiger partial charge in [-0.15, -0.1) is 0 Å². The van der Waals surface area contributed by atoms with Gasteiger partial charge < -0.3 is 4.90 Å². The predicted octanol–water partition coefficient (Wildman–Crippen LogP) is 5.67. The number of carbonyl (C=O) groups is 1. The Morgan fingerprint density at radius 2 is 1.90 bits per heavy atom. The number of hydrogen-bond acceptors (Lipinski definition) is 2. The van der Waals surface area contributed by atoms with E-state index in [1.165, 1.54) is 17.7 Å². The number of alkyl halides is 3. The molecule has 2 aromatic carbocycles. The Balaban J connectivity index is 1.28. The summed E-state index contributed by atoms with van der Waals surface area (Å²) in [5, 5.41) is 2.23. The van der Waals surface area contributed by atoms with Gasteiger partial charge in [-0.25, -0.2) is 0 Å². The van der Waals surface area contributed by atoms with Gasteiger partial charge in [0, 0.05) is 42.4 Å². The van der Waals surface area contributed by atoms with Crippen molar-refractivity contribution in [3.63, 3.8) is 0 Å². The van der Waals surface area contributed by atoms with E-state index >= 15 is 0 Å². The molecule has 1 aromatic heterocycles. The standard InChI is InChI=1S/C25H21F3N2O/c26-25(27,28)19-6-3-5-17(12-19)21-13-22(21)24(31)30-10-8-16(9-11-30)23-15-29-14-18-4-1-2-7-20(18)23/h1-8,12,14-15,21-22H,9-11,13H2/t21-,22+/m0/s1. The second-order valence-corrected chi connectivity index (χ2v) is 8.24. The largest absolute Gasteiger partial charge is 0.416 e. The highest BCUT2D eigenvalue weighted by Gasteiger charge is 2.46. The van der Waals surface area contributed by atoms with Crippen LogP contribution in [0.4, 0.5) is 13.2 Å². The van der Waals surface area contributed by atoms with Crippen molar-refractivity contribution in [2.45, 2.75) is 24.9 Å². The van der Waals surface area contributed by atoms with Crippen LogP contribution < -0.4 is 0 Å². The summed E-state index contributed by atoms with van der Waals surface area (Å²) < 4.78 is 39.0. The summed E-state index contributed by atoms with van der Waals surface area (Å²) in [7, 11) is 0. The van der Waals surface area contributed by atoms with Crippen molar-refractivity contribution in [2.24, 2.45) is 5.92 Å². The van der Waals surface area contributed by atoms with Crippen molar-refractivity contribution in [1.29, 1.82) is 0 Å².